The number of hydrogen-bond acceptors (Lipinski definition) is 1. The summed E-state index contributed by atoms with van der Waals surface area (Å²) >= 11 is 6.32. The van der Waals surface area contributed by atoms with Gasteiger partial charge in [-0.2, -0.15) is 0 Å². The van der Waals surface area contributed by atoms with Crippen molar-refractivity contribution in [3.8, 4) is 0 Å². The third-order valence-electron chi connectivity index (χ3n) is 3.83. The van der Waals surface area contributed by atoms with E-state index in [1.165, 1.54) is 30.3 Å². The molecule has 0 radical (unpaired) electrons. The van der Waals surface area contributed by atoms with Gasteiger partial charge in [0, 0.05) is 24.2 Å². The molecule has 3 heteroatoms. The van der Waals surface area contributed by atoms with Crippen LogP contribution in [0.2, 0.25) is 5.02 Å². The standard InChI is InChI=1S/C14H17ClN2/c15-13-6-2-5-11-7-12(8-16)17(14(11)13)9-10-3-1-4-10/h2,5-7,10H,1,3-4,8-9,16H2. The van der Waals surface area contributed by atoms with Crippen LogP contribution in [0, 0.1) is 5.92 Å². The molecule has 1 aromatic carbocycles. The fourth-order valence-electron chi connectivity index (χ4n) is 2.65. The number of benzene rings is 1. The predicted octanol–water partition coefficient (Wildman–Crippen LogP) is 3.55. The van der Waals surface area contributed by atoms with E-state index in [4.69, 9.17) is 17.3 Å². The van der Waals surface area contributed by atoms with Crippen LogP contribution in [0.5, 0.6) is 0 Å². The predicted molar refractivity (Wildman–Crippen MR) is 72.2 cm³/mol. The van der Waals surface area contributed by atoms with Crippen LogP contribution < -0.4 is 5.73 Å². The van der Waals surface area contributed by atoms with Gasteiger partial charge in [0.2, 0.25) is 0 Å². The lowest BCUT2D eigenvalue weighted by atomic mass is 9.85. The second kappa shape index (κ2) is 4.35. The lowest BCUT2D eigenvalue weighted by Crippen LogP contribution is -2.20. The first-order valence-electron chi connectivity index (χ1n) is 6.26. The lowest BCUT2D eigenvalue weighted by Gasteiger charge is -2.27. The van der Waals surface area contributed by atoms with E-state index in [0.29, 0.717) is 6.54 Å². The number of nitrogens with two attached hydrogens (primary N) is 1. The lowest BCUT2D eigenvalue weighted by molar-refractivity contribution is 0.277. The van der Waals surface area contributed by atoms with Crippen LogP contribution in [0.25, 0.3) is 10.9 Å². The number of hydrogen-bond donors (Lipinski definition) is 1. The Morgan fingerprint density at radius 2 is 2.18 bits per heavy atom. The van der Waals surface area contributed by atoms with Crippen molar-refractivity contribution < 1.29 is 0 Å². The Morgan fingerprint density at radius 3 is 2.82 bits per heavy atom. The molecule has 0 bridgehead atoms. The second-order valence-electron chi connectivity index (χ2n) is 4.93. The summed E-state index contributed by atoms with van der Waals surface area (Å²) in [6.07, 6.45) is 4.05. The highest BCUT2D eigenvalue weighted by Gasteiger charge is 2.20. The SMILES string of the molecule is NCc1cc2cccc(Cl)c2n1CC1CCC1. The number of fused-ring (bicyclic) bond motifs is 1. The molecule has 0 aliphatic heterocycles. The first-order valence-corrected chi connectivity index (χ1v) is 6.64. The fourth-order valence-corrected chi connectivity index (χ4v) is 2.93. The zero-order valence-electron chi connectivity index (χ0n) is 9.82. The minimum absolute atomic E-state index is 0.581. The molecular weight excluding hydrogens is 232 g/mol. The minimum Gasteiger partial charge on any atom is -0.342 e. The molecule has 1 heterocycles. The Morgan fingerprint density at radius 1 is 1.35 bits per heavy atom. The number of nitrogens with zero attached hydrogens (tertiary/aromatic N) is 1. The van der Waals surface area contributed by atoms with Crippen LogP contribution in [0.15, 0.2) is 24.3 Å². The molecule has 2 aromatic rings. The fraction of sp³-hybridized carbons (Fsp3) is 0.429. The van der Waals surface area contributed by atoms with Crippen LogP contribution in [0.1, 0.15) is 25.0 Å². The summed E-state index contributed by atoms with van der Waals surface area (Å²) in [7, 11) is 0. The molecule has 1 saturated carbocycles. The van der Waals surface area contributed by atoms with E-state index in [1.807, 2.05) is 12.1 Å². The Hall–Kier alpha value is -0.990. The van der Waals surface area contributed by atoms with Gasteiger partial charge in [-0.15, -0.1) is 0 Å². The Labute approximate surface area is 106 Å². The molecule has 0 unspecified atom stereocenters. The monoisotopic (exact) mass is 248 g/mol. The number of para-hydroxylation sites is 1. The molecule has 3 rings (SSSR count). The number of halogens is 1. The first kappa shape index (κ1) is 11.1. The van der Waals surface area contributed by atoms with Crippen LogP contribution in [0.3, 0.4) is 0 Å². The summed E-state index contributed by atoms with van der Waals surface area (Å²) in [4.78, 5) is 0. The molecule has 2 nitrogen and oxygen atoms in total. The normalized spacial score (nSPS) is 16.4. The topological polar surface area (TPSA) is 30.9 Å². The zero-order valence-corrected chi connectivity index (χ0v) is 10.6. The summed E-state index contributed by atoms with van der Waals surface area (Å²) in [5.74, 6) is 0.812. The van der Waals surface area contributed by atoms with Crippen molar-refractivity contribution in [2.75, 3.05) is 0 Å². The smallest absolute Gasteiger partial charge is 0.0672 e. The molecule has 0 spiro atoms. The quantitative estimate of drug-likeness (QED) is 0.885. The molecule has 0 amide bonds. The largest absolute Gasteiger partial charge is 0.342 e. The van der Waals surface area contributed by atoms with Crippen LogP contribution in [-0.4, -0.2) is 4.57 Å². The van der Waals surface area contributed by atoms with Gasteiger partial charge in [0.15, 0.2) is 0 Å². The highest BCUT2D eigenvalue weighted by atomic mass is 35.5. The molecule has 0 atom stereocenters. The number of aromatic nitrogens is 1. The van der Waals surface area contributed by atoms with E-state index in [-0.39, 0.29) is 0 Å². The summed E-state index contributed by atoms with van der Waals surface area (Å²) in [6, 6.07) is 8.23. The molecule has 17 heavy (non-hydrogen) atoms. The van der Waals surface area contributed by atoms with Gasteiger partial charge in [-0.25, -0.2) is 0 Å². The van der Waals surface area contributed by atoms with Crippen molar-refractivity contribution in [3.63, 3.8) is 0 Å². The van der Waals surface area contributed by atoms with Crippen molar-refractivity contribution in [1.29, 1.82) is 0 Å². The van der Waals surface area contributed by atoms with Crippen molar-refractivity contribution >= 4 is 22.5 Å². The summed E-state index contributed by atoms with van der Waals surface area (Å²) in [6.45, 7) is 1.65. The zero-order chi connectivity index (χ0) is 11.8. The highest BCUT2D eigenvalue weighted by Crippen LogP contribution is 2.32. The van der Waals surface area contributed by atoms with Gasteiger partial charge in [0.05, 0.1) is 10.5 Å². The molecule has 90 valence electrons. The summed E-state index contributed by atoms with van der Waals surface area (Å²) in [5.41, 5.74) is 8.18. The molecule has 0 saturated heterocycles. The van der Waals surface area contributed by atoms with Gasteiger partial charge in [-0.1, -0.05) is 30.2 Å². The summed E-state index contributed by atoms with van der Waals surface area (Å²) < 4.78 is 2.32. The third-order valence-corrected chi connectivity index (χ3v) is 4.14. The van der Waals surface area contributed by atoms with Gasteiger partial charge >= 0.3 is 0 Å². The van der Waals surface area contributed by atoms with Crippen molar-refractivity contribution in [3.05, 3.63) is 35.0 Å². The highest BCUT2D eigenvalue weighted by molar-refractivity contribution is 6.35. The maximum Gasteiger partial charge on any atom is 0.0672 e. The van der Waals surface area contributed by atoms with E-state index >= 15 is 0 Å². The van der Waals surface area contributed by atoms with Crippen LogP contribution in [0.4, 0.5) is 0 Å². The van der Waals surface area contributed by atoms with Gasteiger partial charge in [0.25, 0.3) is 0 Å². The average Bonchev–Trinajstić information content (AvgIpc) is 2.63. The van der Waals surface area contributed by atoms with E-state index in [2.05, 4.69) is 16.7 Å². The molecule has 2 N–H and O–H groups in total. The minimum atomic E-state index is 0.581. The van der Waals surface area contributed by atoms with Gasteiger partial charge in [-0.3, -0.25) is 0 Å². The van der Waals surface area contributed by atoms with Crippen LogP contribution in [-0.2, 0) is 13.1 Å². The molecule has 1 aromatic heterocycles. The maximum atomic E-state index is 6.32. The Balaban J connectivity index is 2.10. The van der Waals surface area contributed by atoms with E-state index < -0.39 is 0 Å². The third kappa shape index (κ3) is 1.85. The molecule has 1 aliphatic rings. The molecule has 1 fully saturated rings. The van der Waals surface area contributed by atoms with Gasteiger partial charge < -0.3 is 10.3 Å². The average molecular weight is 249 g/mol. The molecule has 1 aliphatic carbocycles. The number of rotatable bonds is 3. The van der Waals surface area contributed by atoms with E-state index in [1.54, 1.807) is 0 Å². The summed E-state index contributed by atoms with van der Waals surface area (Å²) in [5, 5.41) is 2.04. The molecular formula is C14H17ClN2. The van der Waals surface area contributed by atoms with Crippen molar-refractivity contribution in [1.82, 2.24) is 4.57 Å². The maximum absolute atomic E-state index is 6.32. The van der Waals surface area contributed by atoms with E-state index in [0.717, 1.165) is 23.0 Å². The van der Waals surface area contributed by atoms with Gasteiger partial charge in [-0.05, 0) is 30.9 Å². The van der Waals surface area contributed by atoms with Crippen molar-refractivity contribution in [2.45, 2.75) is 32.4 Å². The Kier molecular flexibility index (Phi) is 2.85. The van der Waals surface area contributed by atoms with Gasteiger partial charge in [0.1, 0.15) is 0 Å². The van der Waals surface area contributed by atoms with Crippen LogP contribution >= 0.6 is 11.6 Å². The Bertz CT molecular complexity index is 540. The van der Waals surface area contributed by atoms with Crippen molar-refractivity contribution in [2.24, 2.45) is 11.7 Å². The second-order valence-corrected chi connectivity index (χ2v) is 5.33. The van der Waals surface area contributed by atoms with E-state index in [9.17, 15) is 0 Å². The first-order chi connectivity index (χ1) is 8.29.